The molecular weight excluding hydrogens is 426 g/mol. The molecule has 0 saturated heterocycles. The number of hydrogen-bond acceptors (Lipinski definition) is 8. The molecule has 0 fully saturated rings. The Morgan fingerprint density at radius 1 is 1.42 bits per heavy atom. The first-order chi connectivity index (χ1) is 12.4. The number of ether oxygens (including phenoxy) is 1. The van der Waals surface area contributed by atoms with Gasteiger partial charge in [-0.2, -0.15) is 4.98 Å². The summed E-state index contributed by atoms with van der Waals surface area (Å²) in [7, 11) is -3.92. The van der Waals surface area contributed by atoms with Gasteiger partial charge in [-0.05, 0) is 40.9 Å². The van der Waals surface area contributed by atoms with Gasteiger partial charge in [0.1, 0.15) is 16.5 Å². The van der Waals surface area contributed by atoms with E-state index >= 15 is 0 Å². The zero-order chi connectivity index (χ0) is 18.7. The van der Waals surface area contributed by atoms with Gasteiger partial charge in [0.2, 0.25) is 16.0 Å². The van der Waals surface area contributed by atoms with E-state index in [9.17, 15) is 13.5 Å². The molecule has 11 heteroatoms. The van der Waals surface area contributed by atoms with Crippen molar-refractivity contribution in [3.05, 3.63) is 28.9 Å². The van der Waals surface area contributed by atoms with Crippen molar-refractivity contribution in [2.24, 2.45) is 5.14 Å². The van der Waals surface area contributed by atoms with Crippen LogP contribution in [0.5, 0.6) is 5.75 Å². The van der Waals surface area contributed by atoms with E-state index in [0.717, 1.165) is 0 Å². The summed E-state index contributed by atoms with van der Waals surface area (Å²) in [4.78, 5) is 8.47. The van der Waals surface area contributed by atoms with Gasteiger partial charge in [-0.15, -0.1) is 0 Å². The van der Waals surface area contributed by atoms with Crippen LogP contribution in [0.1, 0.15) is 12.8 Å². The second-order valence-electron chi connectivity index (χ2n) is 5.74. The summed E-state index contributed by atoms with van der Waals surface area (Å²) in [6, 6.07) is 4.24. The van der Waals surface area contributed by atoms with Gasteiger partial charge in [-0.25, -0.2) is 18.5 Å². The Labute approximate surface area is 159 Å². The number of anilines is 3. The van der Waals surface area contributed by atoms with Gasteiger partial charge in [0.15, 0.2) is 0 Å². The summed E-state index contributed by atoms with van der Waals surface area (Å²) >= 11 is 3.38. The summed E-state index contributed by atoms with van der Waals surface area (Å²) < 4.78 is 29.8. The fourth-order valence-corrected chi connectivity index (χ4v) is 3.47. The number of fused-ring (bicyclic) bond motifs is 4. The lowest BCUT2D eigenvalue weighted by Crippen LogP contribution is -2.25. The van der Waals surface area contributed by atoms with Crippen molar-refractivity contribution in [3.63, 3.8) is 0 Å². The molecule has 2 aromatic rings. The number of primary sulfonamides is 1. The third-order valence-corrected chi connectivity index (χ3v) is 5.30. The monoisotopic (exact) mass is 443 g/mol. The fourth-order valence-electron chi connectivity index (χ4n) is 2.51. The molecule has 4 bridgehead atoms. The second kappa shape index (κ2) is 7.74. The minimum atomic E-state index is -3.92. The third-order valence-electron chi connectivity index (χ3n) is 3.77. The minimum absolute atomic E-state index is 0.0879. The molecule has 0 aliphatic carbocycles. The van der Waals surface area contributed by atoms with Crippen molar-refractivity contribution < 1.29 is 18.3 Å². The molecule has 3 rings (SSSR count). The van der Waals surface area contributed by atoms with E-state index in [1.165, 1.54) is 6.07 Å². The number of aromatic nitrogens is 2. The number of sulfonamides is 1. The van der Waals surface area contributed by atoms with E-state index in [1.807, 2.05) is 0 Å². The van der Waals surface area contributed by atoms with Crippen LogP contribution in [0.3, 0.4) is 0 Å². The first-order valence-electron chi connectivity index (χ1n) is 7.83. The van der Waals surface area contributed by atoms with Crippen molar-refractivity contribution in [1.82, 2.24) is 9.97 Å². The Hall–Kier alpha value is -1.95. The van der Waals surface area contributed by atoms with Crippen LogP contribution in [0, 0.1) is 0 Å². The van der Waals surface area contributed by atoms with E-state index in [1.54, 1.807) is 18.3 Å². The van der Waals surface area contributed by atoms with Gasteiger partial charge < -0.3 is 20.5 Å². The van der Waals surface area contributed by atoms with Crippen molar-refractivity contribution in [3.8, 4) is 5.75 Å². The maximum Gasteiger partial charge on any atom is 0.241 e. The number of halogens is 1. The molecule has 1 aliphatic rings. The van der Waals surface area contributed by atoms with Crippen molar-refractivity contribution in [2.75, 3.05) is 23.8 Å². The van der Waals surface area contributed by atoms with E-state index in [2.05, 4.69) is 36.5 Å². The molecular formula is C15H18BrN5O4S. The number of aliphatic hydroxyl groups is 1. The molecule has 0 saturated carbocycles. The standard InChI is InChI=1S/C15H18BrN5O4S/c16-11-7-18-15-20-9-3-4-13(26(17,23)24)12(6-9)25-5-1-2-10(8-22)19-14(11)21-15/h3-4,6-7,10,22H,1-2,5,8H2,(H2,17,23,24)(H2,18,19,20,21). The van der Waals surface area contributed by atoms with Crippen molar-refractivity contribution in [2.45, 2.75) is 23.8 Å². The minimum Gasteiger partial charge on any atom is -0.492 e. The average Bonchev–Trinajstić information content (AvgIpc) is 2.59. The molecule has 140 valence electrons. The Kier molecular flexibility index (Phi) is 5.61. The Morgan fingerprint density at radius 3 is 2.96 bits per heavy atom. The van der Waals surface area contributed by atoms with Crippen LogP contribution in [0.15, 0.2) is 33.8 Å². The first kappa shape index (κ1) is 18.8. The van der Waals surface area contributed by atoms with E-state index in [4.69, 9.17) is 9.88 Å². The highest BCUT2D eigenvalue weighted by Gasteiger charge is 2.18. The van der Waals surface area contributed by atoms with Crippen LogP contribution < -0.4 is 20.5 Å². The maximum atomic E-state index is 11.8. The summed E-state index contributed by atoms with van der Waals surface area (Å²) in [5.41, 5.74) is 0.554. The van der Waals surface area contributed by atoms with Gasteiger partial charge in [-0.1, -0.05) is 0 Å². The molecule has 1 unspecified atom stereocenters. The van der Waals surface area contributed by atoms with E-state index in [0.29, 0.717) is 34.8 Å². The Morgan fingerprint density at radius 2 is 2.23 bits per heavy atom. The lowest BCUT2D eigenvalue weighted by atomic mass is 10.2. The quantitative estimate of drug-likeness (QED) is 0.548. The lowest BCUT2D eigenvalue weighted by molar-refractivity contribution is 0.250. The molecule has 1 atom stereocenters. The number of benzene rings is 1. The topological polar surface area (TPSA) is 139 Å². The zero-order valence-corrected chi connectivity index (χ0v) is 16.0. The molecule has 0 spiro atoms. The summed E-state index contributed by atoms with van der Waals surface area (Å²) in [6.07, 6.45) is 2.78. The number of rotatable bonds is 2. The van der Waals surface area contributed by atoms with Gasteiger partial charge in [-0.3, -0.25) is 0 Å². The number of aliphatic hydroxyl groups excluding tert-OH is 1. The SMILES string of the molecule is NS(=O)(=O)c1ccc2cc1OCCCC(CO)Nc1nc(ncc1Br)N2. The number of nitrogens with zero attached hydrogens (tertiary/aromatic N) is 2. The highest BCUT2D eigenvalue weighted by molar-refractivity contribution is 9.10. The normalized spacial score (nSPS) is 17.6. The number of nitrogens with one attached hydrogen (secondary N) is 2. The summed E-state index contributed by atoms with van der Waals surface area (Å²) in [5.74, 6) is 1.01. The Balaban J connectivity index is 2.02. The second-order valence-corrected chi connectivity index (χ2v) is 8.12. The average molecular weight is 444 g/mol. The van der Waals surface area contributed by atoms with Crippen LogP contribution in [-0.4, -0.2) is 42.7 Å². The van der Waals surface area contributed by atoms with Crippen LogP contribution in [-0.2, 0) is 10.0 Å². The fraction of sp³-hybridized carbons (Fsp3) is 0.333. The first-order valence-corrected chi connectivity index (χ1v) is 10.2. The molecule has 26 heavy (non-hydrogen) atoms. The highest BCUT2D eigenvalue weighted by atomic mass is 79.9. The molecule has 5 N–H and O–H groups in total. The smallest absolute Gasteiger partial charge is 0.241 e. The third kappa shape index (κ3) is 4.41. The maximum absolute atomic E-state index is 11.8. The molecule has 1 aliphatic heterocycles. The molecule has 9 nitrogen and oxygen atoms in total. The zero-order valence-electron chi connectivity index (χ0n) is 13.6. The van der Waals surface area contributed by atoms with Crippen molar-refractivity contribution >= 4 is 43.4 Å². The molecule has 0 radical (unpaired) electrons. The van der Waals surface area contributed by atoms with E-state index in [-0.39, 0.29) is 29.9 Å². The van der Waals surface area contributed by atoms with E-state index < -0.39 is 10.0 Å². The number of hydrogen-bond donors (Lipinski definition) is 4. The molecule has 1 aromatic heterocycles. The summed E-state index contributed by atoms with van der Waals surface area (Å²) in [5, 5.41) is 21.0. The molecule has 0 amide bonds. The van der Waals surface area contributed by atoms with Gasteiger partial charge in [0, 0.05) is 18.0 Å². The largest absolute Gasteiger partial charge is 0.492 e. The predicted octanol–water partition coefficient (Wildman–Crippen LogP) is 1.58. The van der Waals surface area contributed by atoms with Crippen molar-refractivity contribution in [1.29, 1.82) is 0 Å². The Bertz CT molecular complexity index is 909. The molecule has 1 aromatic carbocycles. The van der Waals surface area contributed by atoms with Gasteiger partial charge in [0.25, 0.3) is 0 Å². The predicted molar refractivity (Wildman–Crippen MR) is 100 cm³/mol. The van der Waals surface area contributed by atoms with Gasteiger partial charge >= 0.3 is 0 Å². The van der Waals surface area contributed by atoms with Crippen LogP contribution in [0.25, 0.3) is 0 Å². The van der Waals surface area contributed by atoms with Crippen LogP contribution in [0.2, 0.25) is 0 Å². The summed E-state index contributed by atoms with van der Waals surface area (Å²) in [6.45, 7) is 0.184. The lowest BCUT2D eigenvalue weighted by Gasteiger charge is -2.18. The highest BCUT2D eigenvalue weighted by Crippen LogP contribution is 2.29. The molecule has 2 heterocycles. The van der Waals surface area contributed by atoms with Crippen LogP contribution in [0.4, 0.5) is 17.5 Å². The number of nitrogens with two attached hydrogens (primary N) is 1. The van der Waals surface area contributed by atoms with Crippen LogP contribution >= 0.6 is 15.9 Å². The van der Waals surface area contributed by atoms with Gasteiger partial charge in [0.05, 0.1) is 23.7 Å².